The van der Waals surface area contributed by atoms with Gasteiger partial charge in [0.1, 0.15) is 16.9 Å². The van der Waals surface area contributed by atoms with E-state index in [1.54, 1.807) is 0 Å². The minimum atomic E-state index is -3.42. The zero-order valence-electron chi connectivity index (χ0n) is 12.7. The van der Waals surface area contributed by atoms with Gasteiger partial charge in [-0.2, -0.15) is 0 Å². The number of carbonyl (C=O) groups is 1. The molecule has 8 heteroatoms. The van der Waals surface area contributed by atoms with E-state index in [4.69, 9.17) is 4.42 Å². The maximum absolute atomic E-state index is 12.4. The highest BCUT2D eigenvalue weighted by molar-refractivity contribution is 7.91. The van der Waals surface area contributed by atoms with Crippen LogP contribution in [0.5, 0.6) is 0 Å². The van der Waals surface area contributed by atoms with Crippen molar-refractivity contribution in [3.05, 3.63) is 24.2 Å². The molecular formula is C15H17N3O4S. The van der Waals surface area contributed by atoms with Crippen LogP contribution in [0.4, 0.5) is 0 Å². The summed E-state index contributed by atoms with van der Waals surface area (Å²) in [6, 6.07) is 1.63. The first-order valence-electron chi connectivity index (χ1n) is 7.52. The highest BCUT2D eigenvalue weighted by atomic mass is 32.2. The predicted octanol–water partition coefficient (Wildman–Crippen LogP) is 0.665. The second-order valence-corrected chi connectivity index (χ2v) is 8.31. The summed E-state index contributed by atoms with van der Waals surface area (Å²) in [5.41, 5.74) is 0.564. The van der Waals surface area contributed by atoms with Crippen LogP contribution in [0.1, 0.15) is 16.9 Å². The molecule has 4 heterocycles. The predicted molar refractivity (Wildman–Crippen MR) is 82.9 cm³/mol. The Balaban J connectivity index is 1.62. The third-order valence-corrected chi connectivity index (χ3v) is 5.82. The maximum Gasteiger partial charge on any atom is 0.270 e. The molecule has 7 nitrogen and oxygen atoms in total. The van der Waals surface area contributed by atoms with Crippen LogP contribution in [0, 0.1) is 5.92 Å². The fourth-order valence-electron chi connectivity index (χ4n) is 3.51. The second-order valence-electron chi connectivity index (χ2n) is 6.33. The van der Waals surface area contributed by atoms with E-state index in [2.05, 4.69) is 15.2 Å². The number of nitrogens with one attached hydrogen (secondary N) is 1. The highest BCUT2D eigenvalue weighted by Crippen LogP contribution is 2.28. The minimum absolute atomic E-state index is 0.0787. The number of piperidine rings is 1. The number of sulfone groups is 1. The average Bonchev–Trinajstić information content (AvgIpc) is 3.20. The Morgan fingerprint density at radius 2 is 2.26 bits per heavy atom. The average molecular weight is 335 g/mol. The lowest BCUT2D eigenvalue weighted by atomic mass is 10.00. The number of furan rings is 1. The molecule has 1 amide bonds. The first-order valence-corrected chi connectivity index (χ1v) is 9.41. The summed E-state index contributed by atoms with van der Waals surface area (Å²) in [6.07, 6.45) is 4.80. The number of pyridine rings is 1. The number of carbonyl (C=O) groups excluding carboxylic acids is 1. The molecule has 2 bridgehead atoms. The molecule has 2 aromatic heterocycles. The van der Waals surface area contributed by atoms with E-state index >= 15 is 0 Å². The SMILES string of the molecule is CS(=O)(=O)c1coc2cnc(C(=O)NC3CN4CCC3C4)cc12. The summed E-state index contributed by atoms with van der Waals surface area (Å²) in [4.78, 5) is 18.9. The van der Waals surface area contributed by atoms with E-state index in [0.717, 1.165) is 32.3 Å². The lowest BCUT2D eigenvalue weighted by Crippen LogP contribution is -2.43. The van der Waals surface area contributed by atoms with Crippen LogP contribution in [-0.2, 0) is 9.84 Å². The van der Waals surface area contributed by atoms with Crippen molar-refractivity contribution >= 4 is 26.7 Å². The van der Waals surface area contributed by atoms with E-state index in [1.807, 2.05) is 0 Å². The van der Waals surface area contributed by atoms with Gasteiger partial charge in [0.25, 0.3) is 5.91 Å². The Labute approximate surface area is 133 Å². The Morgan fingerprint density at radius 3 is 2.91 bits per heavy atom. The quantitative estimate of drug-likeness (QED) is 0.886. The van der Waals surface area contributed by atoms with Gasteiger partial charge in [0.05, 0.1) is 6.20 Å². The molecule has 2 fully saturated rings. The Hall–Kier alpha value is -1.93. The normalized spacial score (nSPS) is 26.7. The topological polar surface area (TPSA) is 92.5 Å². The molecule has 0 saturated carbocycles. The van der Waals surface area contributed by atoms with E-state index in [9.17, 15) is 13.2 Å². The number of hydrogen-bond donors (Lipinski definition) is 1. The molecular weight excluding hydrogens is 318 g/mol. The molecule has 23 heavy (non-hydrogen) atoms. The number of fused-ring (bicyclic) bond motifs is 3. The van der Waals surface area contributed by atoms with Crippen LogP contribution in [0.15, 0.2) is 27.8 Å². The molecule has 4 rings (SSSR count). The molecule has 2 saturated heterocycles. The fourth-order valence-corrected chi connectivity index (χ4v) is 4.29. The standard InChI is InChI=1S/C15H17N3O4S/c1-23(20,21)14-8-22-13-5-16-11(4-10(13)14)15(19)17-12-7-18-3-2-9(12)6-18/h4-5,8-9,12H,2-3,6-7H2,1H3,(H,17,19). The van der Waals surface area contributed by atoms with Crippen molar-refractivity contribution in [1.82, 2.24) is 15.2 Å². The fraction of sp³-hybridized carbons (Fsp3) is 0.467. The van der Waals surface area contributed by atoms with Crippen molar-refractivity contribution in [2.45, 2.75) is 17.4 Å². The van der Waals surface area contributed by atoms with Gasteiger partial charge in [0, 0.05) is 30.8 Å². The summed E-state index contributed by atoms with van der Waals surface area (Å²) in [7, 11) is -3.42. The Bertz CT molecular complexity index is 889. The van der Waals surface area contributed by atoms with E-state index < -0.39 is 9.84 Å². The van der Waals surface area contributed by atoms with Crippen molar-refractivity contribution in [1.29, 1.82) is 0 Å². The van der Waals surface area contributed by atoms with E-state index in [-0.39, 0.29) is 22.5 Å². The summed E-state index contributed by atoms with van der Waals surface area (Å²) in [5.74, 6) is 0.231. The first-order chi connectivity index (χ1) is 10.9. The van der Waals surface area contributed by atoms with Crippen molar-refractivity contribution in [2.75, 3.05) is 25.9 Å². The highest BCUT2D eigenvalue weighted by Gasteiger charge is 2.38. The van der Waals surface area contributed by atoms with Crippen LogP contribution in [0.3, 0.4) is 0 Å². The molecule has 122 valence electrons. The van der Waals surface area contributed by atoms with Crippen molar-refractivity contribution in [2.24, 2.45) is 5.92 Å². The van der Waals surface area contributed by atoms with Crippen LogP contribution < -0.4 is 5.32 Å². The number of amides is 1. The van der Waals surface area contributed by atoms with Gasteiger partial charge in [-0.25, -0.2) is 13.4 Å². The summed E-state index contributed by atoms with van der Waals surface area (Å²) >= 11 is 0. The number of rotatable bonds is 3. The van der Waals surface area contributed by atoms with Gasteiger partial charge in [-0.1, -0.05) is 0 Å². The molecule has 1 N–H and O–H groups in total. The number of aromatic nitrogens is 1. The maximum atomic E-state index is 12.4. The third kappa shape index (κ3) is 2.51. The Kier molecular flexibility index (Phi) is 3.21. The van der Waals surface area contributed by atoms with Crippen molar-refractivity contribution in [3.8, 4) is 0 Å². The molecule has 0 aliphatic carbocycles. The second kappa shape index (κ2) is 5.04. The van der Waals surface area contributed by atoms with Crippen molar-refractivity contribution < 1.29 is 17.6 Å². The van der Waals surface area contributed by atoms with Gasteiger partial charge in [0.15, 0.2) is 15.4 Å². The van der Waals surface area contributed by atoms with Gasteiger partial charge >= 0.3 is 0 Å². The molecule has 0 aromatic carbocycles. The third-order valence-electron chi connectivity index (χ3n) is 4.71. The molecule has 2 aliphatic heterocycles. The van der Waals surface area contributed by atoms with Gasteiger partial charge in [-0.05, 0) is 24.9 Å². The summed E-state index contributed by atoms with van der Waals surface area (Å²) in [6.45, 7) is 3.02. The molecule has 0 radical (unpaired) electrons. The van der Waals surface area contributed by atoms with Crippen molar-refractivity contribution in [3.63, 3.8) is 0 Å². The van der Waals surface area contributed by atoms with E-state index in [0.29, 0.717) is 16.9 Å². The van der Waals surface area contributed by atoms with E-state index in [1.165, 1.54) is 18.5 Å². The summed E-state index contributed by atoms with van der Waals surface area (Å²) < 4.78 is 28.7. The van der Waals surface area contributed by atoms with Gasteiger partial charge < -0.3 is 14.6 Å². The van der Waals surface area contributed by atoms with Crippen LogP contribution >= 0.6 is 0 Å². The van der Waals surface area contributed by atoms with Gasteiger partial charge in [-0.15, -0.1) is 0 Å². The zero-order chi connectivity index (χ0) is 16.2. The molecule has 0 spiro atoms. The largest absolute Gasteiger partial charge is 0.461 e. The molecule has 2 aromatic rings. The minimum Gasteiger partial charge on any atom is -0.461 e. The number of hydrogen-bond acceptors (Lipinski definition) is 6. The van der Waals surface area contributed by atoms with Gasteiger partial charge in [-0.3, -0.25) is 4.79 Å². The lowest BCUT2D eigenvalue weighted by molar-refractivity contribution is 0.0919. The molecule has 2 aliphatic rings. The molecule has 3 unspecified atom stereocenters. The Morgan fingerprint density at radius 1 is 1.43 bits per heavy atom. The molecule has 3 atom stereocenters. The summed E-state index contributed by atoms with van der Waals surface area (Å²) in [5, 5.41) is 3.41. The van der Waals surface area contributed by atoms with Gasteiger partial charge in [0.2, 0.25) is 0 Å². The lowest BCUT2D eigenvalue weighted by Gasteiger charge is -2.22. The monoisotopic (exact) mass is 335 g/mol. The number of nitrogens with zero attached hydrogens (tertiary/aromatic N) is 2. The zero-order valence-corrected chi connectivity index (χ0v) is 13.5. The smallest absolute Gasteiger partial charge is 0.270 e. The first kappa shape index (κ1) is 14.6. The van der Waals surface area contributed by atoms with Crippen LogP contribution in [0.2, 0.25) is 0 Å². The van der Waals surface area contributed by atoms with Crippen LogP contribution in [-0.4, -0.2) is 56.1 Å². The van der Waals surface area contributed by atoms with Crippen LogP contribution in [0.25, 0.3) is 11.0 Å².